The van der Waals surface area contributed by atoms with Gasteiger partial charge in [0.15, 0.2) is 0 Å². The molecule has 0 saturated carbocycles. The lowest BCUT2D eigenvalue weighted by Gasteiger charge is -2.23. The summed E-state index contributed by atoms with van der Waals surface area (Å²) < 4.78 is 5.47. The Morgan fingerprint density at radius 2 is 2.33 bits per heavy atom. The summed E-state index contributed by atoms with van der Waals surface area (Å²) in [6, 6.07) is 5.48. The fourth-order valence-electron chi connectivity index (χ4n) is 1.83. The zero-order valence-electron chi connectivity index (χ0n) is 10.5. The molecule has 1 amide bonds. The van der Waals surface area contributed by atoms with Crippen LogP contribution >= 0.6 is 0 Å². The van der Waals surface area contributed by atoms with E-state index in [0.29, 0.717) is 12.9 Å². The second kappa shape index (κ2) is 5.08. The number of hydrogen-bond donors (Lipinski definition) is 1. The Morgan fingerprint density at radius 3 is 3.06 bits per heavy atom. The van der Waals surface area contributed by atoms with Crippen LogP contribution in [-0.4, -0.2) is 32.4 Å². The first-order chi connectivity index (χ1) is 8.63. The average molecular weight is 248 g/mol. The number of carbonyl (C=O) groups excluding carboxylic acids is 2. The summed E-state index contributed by atoms with van der Waals surface area (Å²) in [5.41, 5.74) is 1.61. The van der Waals surface area contributed by atoms with Crippen LogP contribution in [0.4, 0.5) is 11.4 Å². The summed E-state index contributed by atoms with van der Waals surface area (Å²) in [7, 11) is 1.66. The van der Waals surface area contributed by atoms with Crippen LogP contribution in [0.3, 0.4) is 0 Å². The van der Waals surface area contributed by atoms with Crippen molar-refractivity contribution in [3.05, 3.63) is 18.2 Å². The molecule has 1 aromatic carbocycles. The molecule has 1 aliphatic rings. The van der Waals surface area contributed by atoms with Gasteiger partial charge in [0.25, 0.3) is 0 Å². The van der Waals surface area contributed by atoms with Crippen LogP contribution in [0.25, 0.3) is 0 Å². The quantitative estimate of drug-likeness (QED) is 0.647. The molecule has 18 heavy (non-hydrogen) atoms. The highest BCUT2D eigenvalue weighted by atomic mass is 16.5. The molecule has 1 heterocycles. The standard InChI is InChI=1S/C13H16N2O3/c1-9(8-16)13(17)15(2)10-3-4-12-11(7-10)14-5-6-18-12/h3-4,7-9,14H,5-6H2,1-2H3. The van der Waals surface area contributed by atoms with E-state index in [1.807, 2.05) is 12.1 Å². The van der Waals surface area contributed by atoms with Crippen molar-refractivity contribution in [2.45, 2.75) is 6.92 Å². The van der Waals surface area contributed by atoms with Crippen molar-refractivity contribution in [2.24, 2.45) is 5.92 Å². The molecule has 1 atom stereocenters. The van der Waals surface area contributed by atoms with E-state index >= 15 is 0 Å². The van der Waals surface area contributed by atoms with Crippen molar-refractivity contribution in [1.29, 1.82) is 0 Å². The van der Waals surface area contributed by atoms with Crippen molar-refractivity contribution in [3.63, 3.8) is 0 Å². The molecule has 5 nitrogen and oxygen atoms in total. The summed E-state index contributed by atoms with van der Waals surface area (Å²) in [4.78, 5) is 24.0. The topological polar surface area (TPSA) is 58.6 Å². The van der Waals surface area contributed by atoms with Crippen LogP contribution in [0, 0.1) is 5.92 Å². The number of rotatable bonds is 3. The summed E-state index contributed by atoms with van der Waals surface area (Å²) in [6.45, 7) is 2.98. The van der Waals surface area contributed by atoms with E-state index in [2.05, 4.69) is 5.32 Å². The number of ether oxygens (including phenoxy) is 1. The van der Waals surface area contributed by atoms with Gasteiger partial charge in [-0.2, -0.15) is 0 Å². The van der Waals surface area contributed by atoms with Gasteiger partial charge in [-0.3, -0.25) is 4.79 Å². The number of aldehydes is 1. The minimum absolute atomic E-state index is 0.221. The number of fused-ring (bicyclic) bond motifs is 1. The first-order valence-electron chi connectivity index (χ1n) is 5.87. The average Bonchev–Trinajstić information content (AvgIpc) is 2.44. The molecular formula is C13H16N2O3. The molecule has 1 unspecified atom stereocenters. The number of hydrogen-bond acceptors (Lipinski definition) is 4. The summed E-state index contributed by atoms with van der Waals surface area (Å²) >= 11 is 0. The van der Waals surface area contributed by atoms with E-state index in [0.717, 1.165) is 23.7 Å². The van der Waals surface area contributed by atoms with Gasteiger partial charge in [0, 0.05) is 19.3 Å². The minimum atomic E-state index is -0.629. The first kappa shape index (κ1) is 12.4. The van der Waals surface area contributed by atoms with Crippen LogP contribution in [0.5, 0.6) is 5.75 Å². The number of carbonyl (C=O) groups is 2. The third kappa shape index (κ3) is 2.30. The molecule has 0 radical (unpaired) electrons. The number of benzene rings is 1. The highest BCUT2D eigenvalue weighted by Crippen LogP contribution is 2.31. The molecule has 0 bridgehead atoms. The maximum Gasteiger partial charge on any atom is 0.236 e. The summed E-state index contributed by atoms with van der Waals surface area (Å²) in [5.74, 6) is -0.0637. The van der Waals surface area contributed by atoms with Crippen molar-refractivity contribution in [1.82, 2.24) is 0 Å². The fraction of sp³-hybridized carbons (Fsp3) is 0.385. The maximum atomic E-state index is 11.9. The Kier molecular flexibility index (Phi) is 3.50. The predicted molar refractivity (Wildman–Crippen MR) is 69.1 cm³/mol. The van der Waals surface area contributed by atoms with Crippen molar-refractivity contribution >= 4 is 23.6 Å². The van der Waals surface area contributed by atoms with E-state index < -0.39 is 5.92 Å². The molecule has 1 aliphatic heterocycles. The van der Waals surface area contributed by atoms with Crippen molar-refractivity contribution in [3.8, 4) is 5.75 Å². The molecule has 1 N–H and O–H groups in total. The summed E-state index contributed by atoms with van der Waals surface area (Å²) in [5, 5.41) is 3.21. The SMILES string of the molecule is CC(C=O)C(=O)N(C)c1ccc2c(c1)NCCO2. The van der Waals surface area contributed by atoms with Gasteiger partial charge >= 0.3 is 0 Å². The number of anilines is 2. The Hall–Kier alpha value is -2.04. The lowest BCUT2D eigenvalue weighted by atomic mass is 10.1. The Morgan fingerprint density at radius 1 is 1.56 bits per heavy atom. The lowest BCUT2D eigenvalue weighted by molar-refractivity contribution is -0.126. The van der Waals surface area contributed by atoms with E-state index in [-0.39, 0.29) is 5.91 Å². The van der Waals surface area contributed by atoms with Crippen LogP contribution in [0.1, 0.15) is 6.92 Å². The van der Waals surface area contributed by atoms with Gasteiger partial charge in [0.05, 0.1) is 11.6 Å². The van der Waals surface area contributed by atoms with E-state index in [9.17, 15) is 9.59 Å². The van der Waals surface area contributed by atoms with E-state index in [1.54, 1.807) is 20.0 Å². The molecule has 5 heteroatoms. The largest absolute Gasteiger partial charge is 0.490 e. The molecule has 0 aliphatic carbocycles. The van der Waals surface area contributed by atoms with Gasteiger partial charge in [-0.1, -0.05) is 0 Å². The molecule has 0 spiro atoms. The van der Waals surface area contributed by atoms with Gasteiger partial charge in [-0.25, -0.2) is 0 Å². The van der Waals surface area contributed by atoms with E-state index in [1.165, 1.54) is 4.90 Å². The normalized spacial score (nSPS) is 14.8. The summed E-state index contributed by atoms with van der Waals surface area (Å²) in [6.07, 6.45) is 0.651. The lowest BCUT2D eigenvalue weighted by Crippen LogP contribution is -2.32. The smallest absolute Gasteiger partial charge is 0.236 e. The monoisotopic (exact) mass is 248 g/mol. The molecule has 0 aromatic heterocycles. The van der Waals surface area contributed by atoms with Crippen LogP contribution in [0.2, 0.25) is 0 Å². The zero-order valence-corrected chi connectivity index (χ0v) is 10.5. The van der Waals surface area contributed by atoms with Crippen molar-refractivity contribution in [2.75, 3.05) is 30.4 Å². The van der Waals surface area contributed by atoms with E-state index in [4.69, 9.17) is 4.74 Å². The number of nitrogens with zero attached hydrogens (tertiary/aromatic N) is 1. The Bertz CT molecular complexity index is 473. The predicted octanol–water partition coefficient (Wildman–Crippen LogP) is 1.29. The molecular weight excluding hydrogens is 232 g/mol. The van der Waals surface area contributed by atoms with Crippen molar-refractivity contribution < 1.29 is 14.3 Å². The van der Waals surface area contributed by atoms with Gasteiger partial charge in [0.2, 0.25) is 5.91 Å². The second-order valence-electron chi connectivity index (χ2n) is 4.28. The van der Waals surface area contributed by atoms with Gasteiger partial charge in [-0.15, -0.1) is 0 Å². The van der Waals surface area contributed by atoms with Crippen LogP contribution in [-0.2, 0) is 9.59 Å². The van der Waals surface area contributed by atoms with Gasteiger partial charge < -0.3 is 19.7 Å². The minimum Gasteiger partial charge on any atom is -0.490 e. The maximum absolute atomic E-state index is 11.9. The third-order valence-electron chi connectivity index (χ3n) is 2.95. The zero-order chi connectivity index (χ0) is 13.1. The molecule has 1 aromatic rings. The van der Waals surface area contributed by atoms with Gasteiger partial charge in [0.1, 0.15) is 18.6 Å². The second-order valence-corrected chi connectivity index (χ2v) is 4.28. The highest BCUT2D eigenvalue weighted by molar-refractivity contribution is 6.02. The van der Waals surface area contributed by atoms with Crippen LogP contribution in [0.15, 0.2) is 18.2 Å². The number of nitrogens with one attached hydrogen (secondary N) is 1. The number of amides is 1. The third-order valence-corrected chi connectivity index (χ3v) is 2.95. The first-order valence-corrected chi connectivity index (χ1v) is 5.87. The molecule has 2 rings (SSSR count). The molecule has 0 fully saturated rings. The van der Waals surface area contributed by atoms with Crippen LogP contribution < -0.4 is 15.0 Å². The Balaban J connectivity index is 2.23. The molecule has 0 saturated heterocycles. The highest BCUT2D eigenvalue weighted by Gasteiger charge is 2.19. The van der Waals surface area contributed by atoms with Gasteiger partial charge in [-0.05, 0) is 25.1 Å². The molecule has 96 valence electrons. The fourth-order valence-corrected chi connectivity index (χ4v) is 1.83. The Labute approximate surface area is 106 Å².